The molecule has 0 radical (unpaired) electrons. The summed E-state index contributed by atoms with van der Waals surface area (Å²) in [5.41, 5.74) is 4.81. The van der Waals surface area contributed by atoms with Crippen LogP contribution in [0.15, 0.2) is 11.5 Å². The Balaban J connectivity index is 2.47. The maximum atomic E-state index is 11.5. The molecule has 0 saturated carbocycles. The van der Waals surface area contributed by atoms with Gasteiger partial charge in [0.2, 0.25) is 5.91 Å². The summed E-state index contributed by atoms with van der Waals surface area (Å²) >= 11 is 1.57. The third kappa shape index (κ3) is 3.99. The Labute approximate surface area is 112 Å². The number of aromatic nitrogens is 3. The summed E-state index contributed by atoms with van der Waals surface area (Å²) in [5, 5.41) is 11.8. The lowest BCUT2D eigenvalue weighted by atomic mass is 9.98. The Kier molecular flexibility index (Phi) is 5.61. The lowest BCUT2D eigenvalue weighted by molar-refractivity contribution is -0.123. The van der Waals surface area contributed by atoms with Gasteiger partial charge in [-0.15, -0.1) is 10.2 Å². The largest absolute Gasteiger partial charge is 0.368 e. The molecule has 1 amide bonds. The molecule has 0 bridgehead atoms. The van der Waals surface area contributed by atoms with Crippen LogP contribution < -0.4 is 11.1 Å². The van der Waals surface area contributed by atoms with E-state index in [9.17, 15) is 4.79 Å². The van der Waals surface area contributed by atoms with Gasteiger partial charge in [-0.2, -0.15) is 0 Å². The molecule has 18 heavy (non-hydrogen) atoms. The minimum Gasteiger partial charge on any atom is -0.368 e. The second-order valence-electron chi connectivity index (χ2n) is 4.45. The van der Waals surface area contributed by atoms with Gasteiger partial charge in [-0.25, -0.2) is 0 Å². The molecule has 1 unspecified atom stereocenters. The predicted octanol–water partition coefficient (Wildman–Crippen LogP) is 0.541. The molecule has 0 spiro atoms. The van der Waals surface area contributed by atoms with Crippen LogP contribution in [0.2, 0.25) is 0 Å². The van der Waals surface area contributed by atoms with Gasteiger partial charge >= 0.3 is 0 Å². The maximum Gasteiger partial charge on any atom is 0.237 e. The van der Waals surface area contributed by atoms with Crippen molar-refractivity contribution in [2.75, 3.05) is 12.3 Å². The highest BCUT2D eigenvalue weighted by Gasteiger charge is 2.29. The molecule has 102 valence electrons. The summed E-state index contributed by atoms with van der Waals surface area (Å²) in [4.78, 5) is 11.5. The first kappa shape index (κ1) is 15.0. The van der Waals surface area contributed by atoms with Crippen LogP contribution in [0, 0.1) is 0 Å². The number of hydrogen-bond donors (Lipinski definition) is 2. The molecule has 0 aliphatic heterocycles. The highest BCUT2D eigenvalue weighted by Crippen LogP contribution is 2.19. The van der Waals surface area contributed by atoms with Gasteiger partial charge in [0.1, 0.15) is 6.33 Å². The number of nitrogens with two attached hydrogens (primary N) is 1. The van der Waals surface area contributed by atoms with Crippen molar-refractivity contribution >= 4 is 17.7 Å². The van der Waals surface area contributed by atoms with Crippen LogP contribution >= 0.6 is 11.8 Å². The average molecular weight is 271 g/mol. The van der Waals surface area contributed by atoms with Gasteiger partial charge in [-0.05, 0) is 26.3 Å². The third-order valence-electron chi connectivity index (χ3n) is 2.81. The van der Waals surface area contributed by atoms with Crippen LogP contribution in [0.25, 0.3) is 0 Å². The van der Waals surface area contributed by atoms with E-state index >= 15 is 0 Å². The Morgan fingerprint density at radius 2 is 2.39 bits per heavy atom. The van der Waals surface area contributed by atoms with Crippen LogP contribution in [0.5, 0.6) is 0 Å². The Hall–Kier alpha value is -1.08. The molecular formula is C11H21N5OS. The monoisotopic (exact) mass is 271 g/mol. The molecule has 1 aromatic rings. The number of amides is 1. The molecule has 0 fully saturated rings. The number of nitrogens with one attached hydrogen (secondary N) is 1. The highest BCUT2D eigenvalue weighted by atomic mass is 32.2. The second-order valence-corrected chi connectivity index (χ2v) is 5.51. The van der Waals surface area contributed by atoms with E-state index in [-0.39, 0.29) is 5.91 Å². The molecular weight excluding hydrogens is 250 g/mol. The van der Waals surface area contributed by atoms with E-state index in [2.05, 4.69) is 22.4 Å². The van der Waals surface area contributed by atoms with Crippen molar-refractivity contribution in [3.05, 3.63) is 6.33 Å². The summed E-state index contributed by atoms with van der Waals surface area (Å²) in [6, 6.07) is 0. The van der Waals surface area contributed by atoms with Crippen molar-refractivity contribution in [1.29, 1.82) is 0 Å². The smallest absolute Gasteiger partial charge is 0.237 e. The molecule has 0 aliphatic rings. The van der Waals surface area contributed by atoms with E-state index in [1.165, 1.54) is 0 Å². The molecule has 3 N–H and O–H groups in total. The van der Waals surface area contributed by atoms with Gasteiger partial charge in [-0.1, -0.05) is 18.7 Å². The van der Waals surface area contributed by atoms with Crippen LogP contribution in [0.1, 0.15) is 26.7 Å². The first-order valence-corrected chi connectivity index (χ1v) is 7.00. The SMILES string of the molecule is CCCNC(C)(CCSc1nncn1C)C(N)=O. The zero-order chi connectivity index (χ0) is 13.6. The number of primary amides is 1. The fourth-order valence-corrected chi connectivity index (χ4v) is 2.50. The number of aryl methyl sites for hydroxylation is 1. The van der Waals surface area contributed by atoms with E-state index in [0.29, 0.717) is 6.42 Å². The average Bonchev–Trinajstić information content (AvgIpc) is 2.72. The number of thioether (sulfide) groups is 1. The highest BCUT2D eigenvalue weighted by molar-refractivity contribution is 7.99. The van der Waals surface area contributed by atoms with Crippen molar-refractivity contribution in [3.63, 3.8) is 0 Å². The fourth-order valence-electron chi connectivity index (χ4n) is 1.45. The first-order chi connectivity index (χ1) is 8.49. The summed E-state index contributed by atoms with van der Waals surface area (Å²) in [6.45, 7) is 4.69. The molecule has 1 atom stereocenters. The van der Waals surface area contributed by atoms with Crippen molar-refractivity contribution in [2.45, 2.75) is 37.4 Å². The van der Waals surface area contributed by atoms with Crippen molar-refractivity contribution in [2.24, 2.45) is 12.8 Å². The molecule has 0 aromatic carbocycles. The maximum absolute atomic E-state index is 11.5. The molecule has 1 rings (SSSR count). The second kappa shape index (κ2) is 6.75. The minimum atomic E-state index is -0.651. The van der Waals surface area contributed by atoms with E-state index in [1.54, 1.807) is 18.1 Å². The van der Waals surface area contributed by atoms with E-state index in [4.69, 9.17) is 5.73 Å². The number of hydrogen-bond acceptors (Lipinski definition) is 5. The van der Waals surface area contributed by atoms with Crippen LogP contribution in [-0.4, -0.2) is 38.5 Å². The van der Waals surface area contributed by atoms with Crippen molar-refractivity contribution in [1.82, 2.24) is 20.1 Å². The standard InChI is InChI=1S/C11H21N5OS/c1-4-6-13-11(2,9(12)17)5-7-18-10-15-14-8-16(10)3/h8,13H,4-7H2,1-3H3,(H2,12,17). The summed E-state index contributed by atoms with van der Waals surface area (Å²) in [6.07, 6.45) is 3.30. The van der Waals surface area contributed by atoms with Gasteiger partial charge in [0.05, 0.1) is 5.54 Å². The molecule has 6 nitrogen and oxygen atoms in total. The zero-order valence-corrected chi connectivity index (χ0v) is 12.0. The molecule has 0 saturated heterocycles. The van der Waals surface area contributed by atoms with Gasteiger partial charge in [0, 0.05) is 12.8 Å². The molecule has 7 heteroatoms. The predicted molar refractivity (Wildman–Crippen MR) is 72.2 cm³/mol. The number of nitrogens with zero attached hydrogens (tertiary/aromatic N) is 3. The van der Waals surface area contributed by atoms with Crippen LogP contribution in [0.3, 0.4) is 0 Å². The van der Waals surface area contributed by atoms with Gasteiger partial charge in [0.25, 0.3) is 0 Å². The number of carbonyl (C=O) groups excluding carboxylic acids is 1. The quantitative estimate of drug-likeness (QED) is 0.674. The van der Waals surface area contributed by atoms with Crippen molar-refractivity contribution < 1.29 is 4.79 Å². The van der Waals surface area contributed by atoms with E-state index < -0.39 is 5.54 Å². The van der Waals surface area contributed by atoms with Gasteiger partial charge in [0.15, 0.2) is 5.16 Å². The van der Waals surface area contributed by atoms with Crippen LogP contribution in [0.4, 0.5) is 0 Å². The van der Waals surface area contributed by atoms with E-state index in [1.807, 2.05) is 18.5 Å². The first-order valence-electron chi connectivity index (χ1n) is 6.01. The van der Waals surface area contributed by atoms with Gasteiger partial charge < -0.3 is 15.6 Å². The lowest BCUT2D eigenvalue weighted by Gasteiger charge is -2.27. The third-order valence-corrected chi connectivity index (χ3v) is 3.85. The minimum absolute atomic E-state index is 0.311. The lowest BCUT2D eigenvalue weighted by Crippen LogP contribution is -2.53. The number of carbonyl (C=O) groups is 1. The van der Waals surface area contributed by atoms with Crippen molar-refractivity contribution in [3.8, 4) is 0 Å². The van der Waals surface area contributed by atoms with Crippen LogP contribution in [-0.2, 0) is 11.8 Å². The Morgan fingerprint density at radius 1 is 1.67 bits per heavy atom. The molecule has 0 aliphatic carbocycles. The molecule has 1 aromatic heterocycles. The summed E-state index contributed by atoms with van der Waals surface area (Å²) in [5.74, 6) is 0.456. The number of rotatable bonds is 8. The fraction of sp³-hybridized carbons (Fsp3) is 0.727. The summed E-state index contributed by atoms with van der Waals surface area (Å²) in [7, 11) is 1.89. The summed E-state index contributed by atoms with van der Waals surface area (Å²) < 4.78 is 1.85. The topological polar surface area (TPSA) is 85.8 Å². The van der Waals surface area contributed by atoms with E-state index in [0.717, 1.165) is 23.9 Å². The van der Waals surface area contributed by atoms with Gasteiger partial charge in [-0.3, -0.25) is 4.79 Å². The molecule has 1 heterocycles. The normalized spacial score (nSPS) is 14.4. The Morgan fingerprint density at radius 3 is 2.89 bits per heavy atom. The zero-order valence-electron chi connectivity index (χ0n) is 11.1. The Bertz CT molecular complexity index is 395.